The minimum absolute atomic E-state index is 0.0843. The van der Waals surface area contributed by atoms with Crippen LogP contribution in [0.2, 0.25) is 0 Å². The van der Waals surface area contributed by atoms with Crippen molar-refractivity contribution >= 4 is 17.9 Å². The number of ether oxygens (including phenoxy) is 3. The number of carbonyl (C=O) groups is 3. The molecule has 0 aromatic rings. The third kappa shape index (κ3) is 59.7. The second-order valence-electron chi connectivity index (χ2n) is 21.3. The van der Waals surface area contributed by atoms with Gasteiger partial charge in [-0.05, 0) is 89.9 Å². The van der Waals surface area contributed by atoms with Crippen LogP contribution in [0.5, 0.6) is 0 Å². The van der Waals surface area contributed by atoms with Crippen molar-refractivity contribution < 1.29 is 28.6 Å². The summed E-state index contributed by atoms with van der Waals surface area (Å²) in [6.07, 6.45) is 80.5. The van der Waals surface area contributed by atoms with Crippen LogP contribution in [0.3, 0.4) is 0 Å². The van der Waals surface area contributed by atoms with Gasteiger partial charge < -0.3 is 14.2 Å². The lowest BCUT2D eigenvalue weighted by Gasteiger charge is -2.18. The van der Waals surface area contributed by atoms with E-state index in [4.69, 9.17) is 14.2 Å². The van der Waals surface area contributed by atoms with Crippen LogP contribution in [0.4, 0.5) is 0 Å². The quantitative estimate of drug-likeness (QED) is 0.0261. The Kier molecular flexibility index (Phi) is 59.7. The number of hydrogen-bond acceptors (Lipinski definition) is 6. The molecule has 74 heavy (non-hydrogen) atoms. The lowest BCUT2D eigenvalue weighted by Crippen LogP contribution is -2.30. The zero-order valence-corrected chi connectivity index (χ0v) is 49.1. The topological polar surface area (TPSA) is 78.9 Å². The van der Waals surface area contributed by atoms with E-state index in [0.717, 1.165) is 96.3 Å². The summed E-state index contributed by atoms with van der Waals surface area (Å²) < 4.78 is 16.9. The third-order valence-corrected chi connectivity index (χ3v) is 13.9. The molecular formula is C68H120O6. The van der Waals surface area contributed by atoms with Crippen molar-refractivity contribution in [2.75, 3.05) is 13.2 Å². The first-order valence-corrected chi connectivity index (χ1v) is 31.9. The van der Waals surface area contributed by atoms with Crippen LogP contribution < -0.4 is 0 Å². The van der Waals surface area contributed by atoms with E-state index in [2.05, 4.69) is 93.7 Å². The molecule has 0 heterocycles. The van der Waals surface area contributed by atoms with Crippen molar-refractivity contribution in [1.82, 2.24) is 0 Å². The molecule has 0 bridgehead atoms. The maximum Gasteiger partial charge on any atom is 0.306 e. The molecule has 0 spiro atoms. The summed E-state index contributed by atoms with van der Waals surface area (Å²) in [6.45, 7) is 6.53. The Morgan fingerprint density at radius 3 is 0.838 bits per heavy atom. The average molecular weight is 1030 g/mol. The summed E-state index contributed by atoms with van der Waals surface area (Å²) in [5.74, 6) is -0.903. The van der Waals surface area contributed by atoms with Gasteiger partial charge in [-0.15, -0.1) is 0 Å². The Bertz CT molecular complexity index is 1370. The predicted molar refractivity (Wildman–Crippen MR) is 321 cm³/mol. The van der Waals surface area contributed by atoms with Crippen LogP contribution in [0.1, 0.15) is 323 Å². The Morgan fingerprint density at radius 2 is 0.527 bits per heavy atom. The predicted octanol–water partition coefficient (Wildman–Crippen LogP) is 21.7. The van der Waals surface area contributed by atoms with Gasteiger partial charge >= 0.3 is 17.9 Å². The first kappa shape index (κ1) is 70.8. The smallest absolute Gasteiger partial charge is 0.306 e. The first-order valence-electron chi connectivity index (χ1n) is 31.9. The second-order valence-corrected chi connectivity index (χ2v) is 21.3. The maximum absolute atomic E-state index is 12.9. The molecule has 6 heteroatoms. The molecule has 0 aliphatic carbocycles. The highest BCUT2D eigenvalue weighted by Crippen LogP contribution is 2.17. The molecule has 1 unspecified atom stereocenters. The summed E-state index contributed by atoms with van der Waals surface area (Å²) in [5.41, 5.74) is 0. The van der Waals surface area contributed by atoms with Gasteiger partial charge in [-0.2, -0.15) is 0 Å². The van der Waals surface area contributed by atoms with Crippen molar-refractivity contribution in [2.24, 2.45) is 0 Å². The molecule has 0 N–H and O–H groups in total. The van der Waals surface area contributed by atoms with Crippen molar-refractivity contribution in [1.29, 1.82) is 0 Å². The van der Waals surface area contributed by atoms with Crippen LogP contribution in [0.15, 0.2) is 72.9 Å². The highest BCUT2D eigenvalue weighted by Gasteiger charge is 2.19. The van der Waals surface area contributed by atoms with E-state index in [1.165, 1.54) is 186 Å². The van der Waals surface area contributed by atoms with Crippen LogP contribution >= 0.6 is 0 Å². The molecule has 0 aromatic carbocycles. The normalized spacial score (nSPS) is 12.5. The molecule has 0 aliphatic rings. The van der Waals surface area contributed by atoms with Gasteiger partial charge in [0, 0.05) is 19.3 Å². The summed E-state index contributed by atoms with van der Waals surface area (Å²) in [6, 6.07) is 0. The van der Waals surface area contributed by atoms with Crippen LogP contribution in [-0.4, -0.2) is 37.2 Å². The summed E-state index contributed by atoms with van der Waals surface area (Å²) >= 11 is 0. The fourth-order valence-electron chi connectivity index (χ4n) is 9.17. The molecular weight excluding hydrogens is 913 g/mol. The highest BCUT2D eigenvalue weighted by molar-refractivity contribution is 5.71. The number of carbonyl (C=O) groups excluding carboxylic acids is 3. The molecule has 1 atom stereocenters. The number of esters is 3. The summed E-state index contributed by atoms with van der Waals surface area (Å²) in [5, 5.41) is 0. The SMILES string of the molecule is CC/C=C\C/C=C\C/C=C\CCCCCC(=O)OCC(COC(=O)CCCCCCCCCCCC/C=C\C/C=C\C/C=C\CCCCCCC)OC(=O)CCCCCCCCCCCCCCCCCCCC. The molecule has 0 aromatic heterocycles. The lowest BCUT2D eigenvalue weighted by molar-refractivity contribution is -0.167. The van der Waals surface area contributed by atoms with Crippen LogP contribution in [0, 0.1) is 0 Å². The molecule has 0 fully saturated rings. The zero-order valence-electron chi connectivity index (χ0n) is 49.1. The maximum atomic E-state index is 12.9. The molecule has 0 radical (unpaired) electrons. The number of unbranched alkanes of at least 4 members (excludes halogenated alkanes) is 35. The van der Waals surface area contributed by atoms with E-state index in [1.807, 2.05) is 0 Å². The standard InChI is InChI=1S/C68H120O6/c1-4-7-10-13-16-19-22-25-27-29-31-32-33-34-35-36-37-39-40-43-46-49-52-55-58-61-67(70)73-64-65(63-72-66(69)60-57-54-51-48-45-42-24-21-18-15-12-9-6-3)74-68(71)62-59-56-53-50-47-44-41-38-30-28-26-23-20-17-14-11-8-5-2/h9,12,18,21-22,25,29,31,33-34,42,45,65H,4-8,10-11,13-17,19-20,23-24,26-28,30,32,35-41,43-44,46-64H2,1-3H3/b12-9-,21-18-,25-22-,31-29-,34-33-,45-42-. The largest absolute Gasteiger partial charge is 0.462 e. The Hall–Kier alpha value is -3.15. The molecule has 0 aliphatic heterocycles. The van der Waals surface area contributed by atoms with E-state index in [1.54, 1.807) is 0 Å². The van der Waals surface area contributed by atoms with E-state index < -0.39 is 6.10 Å². The van der Waals surface area contributed by atoms with Gasteiger partial charge in [-0.1, -0.05) is 286 Å². The number of allylic oxidation sites excluding steroid dienone is 12. The van der Waals surface area contributed by atoms with Gasteiger partial charge in [0.25, 0.3) is 0 Å². The molecule has 428 valence electrons. The van der Waals surface area contributed by atoms with E-state index in [9.17, 15) is 14.4 Å². The van der Waals surface area contributed by atoms with Crippen molar-refractivity contribution in [3.05, 3.63) is 72.9 Å². The minimum atomic E-state index is -0.788. The van der Waals surface area contributed by atoms with E-state index in [0.29, 0.717) is 19.3 Å². The number of rotatable bonds is 58. The number of hydrogen-bond donors (Lipinski definition) is 0. The molecule has 0 rings (SSSR count). The minimum Gasteiger partial charge on any atom is -0.462 e. The Balaban J connectivity index is 4.31. The summed E-state index contributed by atoms with van der Waals surface area (Å²) in [4.78, 5) is 38.3. The third-order valence-electron chi connectivity index (χ3n) is 13.9. The Labute approximate surface area is 459 Å². The van der Waals surface area contributed by atoms with Crippen molar-refractivity contribution in [2.45, 2.75) is 329 Å². The highest BCUT2D eigenvalue weighted by atomic mass is 16.6. The van der Waals surface area contributed by atoms with Gasteiger partial charge in [0.05, 0.1) is 0 Å². The molecule has 0 saturated heterocycles. The first-order chi connectivity index (χ1) is 36.5. The average Bonchev–Trinajstić information content (AvgIpc) is 3.40. The molecule has 0 saturated carbocycles. The van der Waals surface area contributed by atoms with Crippen LogP contribution in [-0.2, 0) is 28.6 Å². The van der Waals surface area contributed by atoms with Gasteiger partial charge in [-0.25, -0.2) is 0 Å². The van der Waals surface area contributed by atoms with Gasteiger partial charge in [0.2, 0.25) is 0 Å². The van der Waals surface area contributed by atoms with Crippen molar-refractivity contribution in [3.63, 3.8) is 0 Å². The van der Waals surface area contributed by atoms with Gasteiger partial charge in [0.1, 0.15) is 13.2 Å². The lowest BCUT2D eigenvalue weighted by atomic mass is 10.0. The molecule has 0 amide bonds. The summed E-state index contributed by atoms with van der Waals surface area (Å²) in [7, 11) is 0. The Morgan fingerprint density at radius 1 is 0.284 bits per heavy atom. The van der Waals surface area contributed by atoms with Gasteiger partial charge in [0.15, 0.2) is 6.10 Å². The van der Waals surface area contributed by atoms with Gasteiger partial charge in [-0.3, -0.25) is 14.4 Å². The zero-order chi connectivity index (χ0) is 53.6. The van der Waals surface area contributed by atoms with E-state index >= 15 is 0 Å². The van der Waals surface area contributed by atoms with Crippen LogP contribution in [0.25, 0.3) is 0 Å². The second kappa shape index (κ2) is 62.4. The van der Waals surface area contributed by atoms with E-state index in [-0.39, 0.29) is 31.1 Å². The fraction of sp³-hybridized carbons (Fsp3) is 0.779. The fourth-order valence-corrected chi connectivity index (χ4v) is 9.17. The molecule has 6 nitrogen and oxygen atoms in total. The van der Waals surface area contributed by atoms with Crippen molar-refractivity contribution in [3.8, 4) is 0 Å². The monoisotopic (exact) mass is 1030 g/mol.